The summed E-state index contributed by atoms with van der Waals surface area (Å²) in [5.41, 5.74) is 6.32. The monoisotopic (exact) mass is 303 g/mol. The van der Waals surface area contributed by atoms with Crippen LogP contribution in [0.15, 0.2) is 6.20 Å². The van der Waals surface area contributed by atoms with E-state index in [9.17, 15) is 5.11 Å². The van der Waals surface area contributed by atoms with E-state index in [2.05, 4.69) is 19.9 Å². The minimum atomic E-state index is -0.954. The highest BCUT2D eigenvalue weighted by molar-refractivity contribution is 6.16. The molecule has 2 heterocycles. The summed E-state index contributed by atoms with van der Waals surface area (Å²) in [7, 11) is 0. The van der Waals surface area contributed by atoms with Crippen molar-refractivity contribution < 1.29 is 20.4 Å². The lowest BCUT2D eigenvalue weighted by molar-refractivity contribution is 0.0450. The number of alkyl halides is 1. The Morgan fingerprint density at radius 2 is 1.85 bits per heavy atom. The SMILES string of the molecule is Nc1nc(O)c2nc(CCl)cnc2n1.OCC(O)CO. The average molecular weight is 304 g/mol. The number of fused-ring (bicyclic) bond motifs is 1. The number of hydrogen-bond acceptors (Lipinski definition) is 9. The maximum absolute atomic E-state index is 9.40. The topological polar surface area (TPSA) is 158 Å². The van der Waals surface area contributed by atoms with Crippen molar-refractivity contribution in [1.82, 2.24) is 19.9 Å². The zero-order valence-corrected chi connectivity index (χ0v) is 11.1. The highest BCUT2D eigenvalue weighted by atomic mass is 35.5. The first-order valence-corrected chi connectivity index (χ1v) is 5.99. The number of nitrogens with zero attached hydrogens (tertiary/aromatic N) is 4. The molecule has 110 valence electrons. The van der Waals surface area contributed by atoms with Crippen LogP contribution in [0.2, 0.25) is 0 Å². The van der Waals surface area contributed by atoms with Gasteiger partial charge in [0.1, 0.15) is 6.10 Å². The van der Waals surface area contributed by atoms with Gasteiger partial charge in [-0.2, -0.15) is 9.97 Å². The lowest BCUT2D eigenvalue weighted by atomic mass is 10.4. The number of aromatic hydroxyl groups is 1. The van der Waals surface area contributed by atoms with Gasteiger partial charge in [-0.05, 0) is 0 Å². The van der Waals surface area contributed by atoms with Crippen LogP contribution in [-0.2, 0) is 5.88 Å². The smallest absolute Gasteiger partial charge is 0.244 e. The molecule has 20 heavy (non-hydrogen) atoms. The van der Waals surface area contributed by atoms with Gasteiger partial charge in [0.25, 0.3) is 0 Å². The predicted octanol–water partition coefficient (Wildman–Crippen LogP) is -1.22. The molecule has 0 amide bonds. The van der Waals surface area contributed by atoms with Gasteiger partial charge in [-0.3, -0.25) is 0 Å². The second-order valence-corrected chi connectivity index (χ2v) is 3.86. The fourth-order valence-electron chi connectivity index (χ4n) is 1.07. The molecule has 0 atom stereocenters. The first-order chi connectivity index (χ1) is 9.51. The largest absolute Gasteiger partial charge is 0.492 e. The third-order valence-electron chi connectivity index (χ3n) is 2.01. The van der Waals surface area contributed by atoms with Crippen molar-refractivity contribution in [2.24, 2.45) is 0 Å². The maximum atomic E-state index is 9.40. The van der Waals surface area contributed by atoms with Crippen LogP contribution in [0.25, 0.3) is 11.2 Å². The number of nitrogen functional groups attached to an aromatic ring is 1. The average Bonchev–Trinajstić information content (AvgIpc) is 2.46. The molecule has 0 saturated heterocycles. The molecule has 0 aliphatic carbocycles. The predicted molar refractivity (Wildman–Crippen MR) is 70.9 cm³/mol. The molecule has 0 aliphatic heterocycles. The molecule has 0 aliphatic rings. The van der Waals surface area contributed by atoms with Gasteiger partial charge in [-0.1, -0.05) is 0 Å². The Morgan fingerprint density at radius 1 is 1.20 bits per heavy atom. The molecule has 0 fully saturated rings. The van der Waals surface area contributed by atoms with E-state index < -0.39 is 6.10 Å². The molecule has 2 rings (SSSR count). The third-order valence-corrected chi connectivity index (χ3v) is 2.29. The van der Waals surface area contributed by atoms with Crippen molar-refractivity contribution in [1.29, 1.82) is 0 Å². The van der Waals surface area contributed by atoms with Gasteiger partial charge in [0.15, 0.2) is 11.2 Å². The highest BCUT2D eigenvalue weighted by Gasteiger charge is 2.08. The maximum Gasteiger partial charge on any atom is 0.244 e. The normalized spacial score (nSPS) is 10.4. The number of aromatic nitrogens is 4. The molecule has 0 bridgehead atoms. The molecule has 6 N–H and O–H groups in total. The first kappa shape index (κ1) is 16.2. The summed E-state index contributed by atoms with van der Waals surface area (Å²) in [5.74, 6) is -0.109. The Bertz CT molecular complexity index is 567. The minimum absolute atomic E-state index is 0.0390. The summed E-state index contributed by atoms with van der Waals surface area (Å²) in [6.07, 6.45) is 0.520. The lowest BCUT2D eigenvalue weighted by Crippen LogP contribution is -2.15. The Labute approximate surface area is 118 Å². The van der Waals surface area contributed by atoms with Crippen LogP contribution >= 0.6 is 11.6 Å². The summed E-state index contributed by atoms with van der Waals surface area (Å²) in [6, 6.07) is 0. The van der Waals surface area contributed by atoms with Crippen LogP contribution in [0, 0.1) is 0 Å². The number of nitrogens with two attached hydrogens (primary N) is 1. The molecule has 2 aromatic rings. The van der Waals surface area contributed by atoms with Crippen molar-refractivity contribution in [2.75, 3.05) is 18.9 Å². The summed E-state index contributed by atoms with van der Waals surface area (Å²) in [4.78, 5) is 15.3. The molecular weight excluding hydrogens is 290 g/mol. The second-order valence-electron chi connectivity index (χ2n) is 3.59. The lowest BCUT2D eigenvalue weighted by Gasteiger charge is -2.00. The molecule has 10 heteroatoms. The Balaban J connectivity index is 0.000000286. The zero-order valence-electron chi connectivity index (χ0n) is 10.3. The van der Waals surface area contributed by atoms with Crippen LogP contribution < -0.4 is 5.73 Å². The molecule has 0 aromatic carbocycles. The van der Waals surface area contributed by atoms with Gasteiger partial charge in [-0.25, -0.2) is 9.97 Å². The molecule has 9 nitrogen and oxygen atoms in total. The quantitative estimate of drug-likeness (QED) is 0.438. The van der Waals surface area contributed by atoms with Crippen molar-refractivity contribution in [3.63, 3.8) is 0 Å². The molecule has 0 saturated carbocycles. The number of rotatable bonds is 3. The second kappa shape index (κ2) is 7.70. The number of halogens is 1. The summed E-state index contributed by atoms with van der Waals surface area (Å²) in [6.45, 7) is -0.729. The van der Waals surface area contributed by atoms with Crippen LogP contribution in [0.4, 0.5) is 5.95 Å². The molecule has 0 spiro atoms. The molecular formula is C10H14ClN5O4. The van der Waals surface area contributed by atoms with E-state index in [4.69, 9.17) is 32.7 Å². The van der Waals surface area contributed by atoms with Crippen LogP contribution in [-0.4, -0.2) is 59.7 Å². The summed E-state index contributed by atoms with van der Waals surface area (Å²) >= 11 is 5.56. The number of anilines is 1. The number of hydrogen-bond donors (Lipinski definition) is 5. The Hall–Kier alpha value is -1.81. The van der Waals surface area contributed by atoms with Gasteiger partial charge < -0.3 is 26.2 Å². The highest BCUT2D eigenvalue weighted by Crippen LogP contribution is 2.18. The Kier molecular flexibility index (Phi) is 6.25. The molecule has 2 aromatic heterocycles. The van der Waals surface area contributed by atoms with Gasteiger partial charge in [0, 0.05) is 0 Å². The van der Waals surface area contributed by atoms with E-state index in [1.54, 1.807) is 0 Å². The Morgan fingerprint density at radius 3 is 2.35 bits per heavy atom. The fourth-order valence-corrected chi connectivity index (χ4v) is 1.20. The molecule has 0 unspecified atom stereocenters. The zero-order chi connectivity index (χ0) is 15.1. The van der Waals surface area contributed by atoms with Crippen LogP contribution in [0.5, 0.6) is 5.88 Å². The van der Waals surface area contributed by atoms with E-state index >= 15 is 0 Å². The van der Waals surface area contributed by atoms with Crippen molar-refractivity contribution in [3.8, 4) is 5.88 Å². The number of aliphatic hydroxyl groups excluding tert-OH is 3. The van der Waals surface area contributed by atoms with Crippen molar-refractivity contribution >= 4 is 28.7 Å². The van der Waals surface area contributed by atoms with Gasteiger partial charge in [0.05, 0.1) is 31.0 Å². The van der Waals surface area contributed by atoms with Crippen molar-refractivity contribution in [2.45, 2.75) is 12.0 Å². The van der Waals surface area contributed by atoms with E-state index in [1.165, 1.54) is 6.20 Å². The van der Waals surface area contributed by atoms with Crippen LogP contribution in [0.3, 0.4) is 0 Å². The van der Waals surface area contributed by atoms with Gasteiger partial charge in [-0.15, -0.1) is 11.6 Å². The first-order valence-electron chi connectivity index (χ1n) is 5.45. The van der Waals surface area contributed by atoms with Gasteiger partial charge in [0.2, 0.25) is 11.8 Å². The van der Waals surface area contributed by atoms with E-state index in [1.807, 2.05) is 0 Å². The van der Waals surface area contributed by atoms with E-state index in [0.717, 1.165) is 0 Å². The van der Waals surface area contributed by atoms with Crippen molar-refractivity contribution in [3.05, 3.63) is 11.9 Å². The molecule has 0 radical (unpaired) electrons. The minimum Gasteiger partial charge on any atom is -0.492 e. The van der Waals surface area contributed by atoms with Crippen LogP contribution in [0.1, 0.15) is 5.69 Å². The summed E-state index contributed by atoms with van der Waals surface area (Å²) < 4.78 is 0. The van der Waals surface area contributed by atoms with E-state index in [0.29, 0.717) is 5.69 Å². The van der Waals surface area contributed by atoms with Gasteiger partial charge >= 0.3 is 0 Å². The van der Waals surface area contributed by atoms with E-state index in [-0.39, 0.29) is 42.1 Å². The third kappa shape index (κ3) is 4.38. The summed E-state index contributed by atoms with van der Waals surface area (Å²) in [5, 5.41) is 33.4. The fraction of sp³-hybridized carbons (Fsp3) is 0.400. The number of aliphatic hydroxyl groups is 3. The standard InChI is InChI=1S/C7H6ClN5O.C3H8O3/c8-1-3-2-10-5-4(11-3)6(14)13-7(9)12-5;4-1-3(6)2-5/h2H,1H2,(H3,9,10,12,13,14);3-6H,1-2H2.